The highest BCUT2D eigenvalue weighted by molar-refractivity contribution is 5.55. The monoisotopic (exact) mass is 321 g/mol. The van der Waals surface area contributed by atoms with Gasteiger partial charge in [-0.25, -0.2) is 0 Å². The van der Waals surface area contributed by atoms with Crippen molar-refractivity contribution in [1.29, 1.82) is 0 Å². The Kier molecular flexibility index (Phi) is 9.59. The number of rotatable bonds is 12. The average molecular weight is 321 g/mol. The largest absolute Gasteiger partial charge is 0.502 e. The molecule has 5 nitrogen and oxygen atoms in total. The van der Waals surface area contributed by atoms with Crippen LogP contribution in [0.4, 0.5) is 0 Å². The molecule has 0 bridgehead atoms. The van der Waals surface area contributed by atoms with E-state index in [-0.39, 0.29) is 6.61 Å². The fourth-order valence-electron chi connectivity index (χ4n) is 1.98. The number of nitrogens with one attached hydrogen (secondary N) is 1. The summed E-state index contributed by atoms with van der Waals surface area (Å²) in [6.45, 7) is 7.50. The number of allylic oxidation sites excluding steroid dienone is 1. The van der Waals surface area contributed by atoms with Gasteiger partial charge in [-0.3, -0.25) is 0 Å². The molecule has 1 atom stereocenters. The maximum absolute atomic E-state index is 9.93. The Morgan fingerprint density at radius 2 is 2.17 bits per heavy atom. The Morgan fingerprint density at radius 1 is 1.35 bits per heavy atom. The standard InChI is InChI=1S/C18H27NO4/c1-4-7-15-8-9-17(18(12-15)21-3)23-14-16(20)13-19-10-6-11-22-5-2/h4-5,7-9,12,16,19-20H,2,6,10-11,13-14H2,1,3H3. The van der Waals surface area contributed by atoms with Crippen LogP contribution in [0.5, 0.6) is 11.5 Å². The van der Waals surface area contributed by atoms with Gasteiger partial charge < -0.3 is 24.6 Å². The zero-order valence-corrected chi connectivity index (χ0v) is 14.0. The van der Waals surface area contributed by atoms with E-state index in [1.54, 1.807) is 7.11 Å². The molecule has 0 radical (unpaired) electrons. The molecule has 2 N–H and O–H groups in total. The second-order valence-electron chi connectivity index (χ2n) is 4.97. The first-order chi connectivity index (χ1) is 11.2. The first kappa shape index (κ1) is 19.1. The smallest absolute Gasteiger partial charge is 0.161 e. The minimum absolute atomic E-state index is 0.204. The summed E-state index contributed by atoms with van der Waals surface area (Å²) < 4.78 is 16.0. The maximum atomic E-state index is 9.93. The highest BCUT2D eigenvalue weighted by Gasteiger charge is 2.09. The van der Waals surface area contributed by atoms with Gasteiger partial charge in [-0.2, -0.15) is 0 Å². The minimum atomic E-state index is -0.588. The van der Waals surface area contributed by atoms with E-state index in [0.29, 0.717) is 24.7 Å². The molecule has 23 heavy (non-hydrogen) atoms. The highest BCUT2D eigenvalue weighted by atomic mass is 16.5. The zero-order valence-electron chi connectivity index (χ0n) is 14.0. The van der Waals surface area contributed by atoms with Crippen molar-refractivity contribution < 1.29 is 19.3 Å². The molecule has 0 saturated heterocycles. The molecule has 0 aliphatic carbocycles. The summed E-state index contributed by atoms with van der Waals surface area (Å²) in [6.07, 6.45) is 5.65. The Hall–Kier alpha value is -1.98. The molecule has 0 fully saturated rings. The summed E-state index contributed by atoms with van der Waals surface area (Å²) in [5.74, 6) is 1.28. The molecule has 0 heterocycles. The number of benzene rings is 1. The predicted octanol–water partition coefficient (Wildman–Crippen LogP) is 2.61. The number of hydrogen-bond acceptors (Lipinski definition) is 5. The van der Waals surface area contributed by atoms with Gasteiger partial charge in [0, 0.05) is 6.54 Å². The predicted molar refractivity (Wildman–Crippen MR) is 92.8 cm³/mol. The zero-order chi connectivity index (χ0) is 16.9. The van der Waals surface area contributed by atoms with Crippen LogP contribution in [0.25, 0.3) is 6.08 Å². The number of aliphatic hydroxyl groups excluding tert-OH is 1. The second-order valence-corrected chi connectivity index (χ2v) is 4.97. The van der Waals surface area contributed by atoms with E-state index >= 15 is 0 Å². The van der Waals surface area contributed by atoms with Crippen LogP contribution in [0.1, 0.15) is 18.9 Å². The van der Waals surface area contributed by atoms with Crippen LogP contribution >= 0.6 is 0 Å². The third-order valence-corrected chi connectivity index (χ3v) is 3.09. The average Bonchev–Trinajstić information content (AvgIpc) is 2.57. The van der Waals surface area contributed by atoms with Gasteiger partial charge in [0.05, 0.1) is 20.0 Å². The molecule has 1 unspecified atom stereocenters. The van der Waals surface area contributed by atoms with Crippen LogP contribution in [0.15, 0.2) is 37.1 Å². The lowest BCUT2D eigenvalue weighted by molar-refractivity contribution is 0.104. The summed E-state index contributed by atoms with van der Waals surface area (Å²) in [6, 6.07) is 5.70. The van der Waals surface area contributed by atoms with Gasteiger partial charge in [-0.05, 0) is 37.6 Å². The fourth-order valence-corrected chi connectivity index (χ4v) is 1.98. The molecule has 128 valence electrons. The molecule has 1 rings (SSSR count). The third kappa shape index (κ3) is 7.72. The lowest BCUT2D eigenvalue weighted by atomic mass is 10.2. The van der Waals surface area contributed by atoms with Gasteiger partial charge in [0.1, 0.15) is 12.7 Å². The summed E-state index contributed by atoms with van der Waals surface area (Å²) in [5, 5.41) is 13.1. The van der Waals surface area contributed by atoms with Gasteiger partial charge in [-0.15, -0.1) is 0 Å². The van der Waals surface area contributed by atoms with Gasteiger partial charge in [0.25, 0.3) is 0 Å². The molecule has 1 aromatic carbocycles. The summed E-state index contributed by atoms with van der Waals surface area (Å²) in [4.78, 5) is 0. The summed E-state index contributed by atoms with van der Waals surface area (Å²) in [5.41, 5.74) is 1.04. The van der Waals surface area contributed by atoms with E-state index in [1.165, 1.54) is 6.26 Å². The van der Waals surface area contributed by atoms with Gasteiger partial charge in [0.15, 0.2) is 11.5 Å². The molecule has 5 heteroatoms. The van der Waals surface area contributed by atoms with Crippen molar-refractivity contribution in [3.05, 3.63) is 42.7 Å². The molecule has 0 spiro atoms. The Morgan fingerprint density at radius 3 is 2.87 bits per heavy atom. The Balaban J connectivity index is 2.34. The van der Waals surface area contributed by atoms with Crippen LogP contribution in [0, 0.1) is 0 Å². The van der Waals surface area contributed by atoms with Gasteiger partial charge >= 0.3 is 0 Å². The van der Waals surface area contributed by atoms with Crippen LogP contribution in [-0.2, 0) is 4.74 Å². The second kappa shape index (κ2) is 11.6. The van der Waals surface area contributed by atoms with Crippen molar-refractivity contribution >= 4 is 6.08 Å². The SMILES string of the molecule is C=COCCCNCC(O)COc1ccc(C=CC)cc1OC. The van der Waals surface area contributed by atoms with Crippen molar-refractivity contribution in [2.24, 2.45) is 0 Å². The minimum Gasteiger partial charge on any atom is -0.502 e. The number of hydrogen-bond donors (Lipinski definition) is 2. The van der Waals surface area contributed by atoms with E-state index in [4.69, 9.17) is 14.2 Å². The highest BCUT2D eigenvalue weighted by Crippen LogP contribution is 2.28. The number of aliphatic hydroxyl groups is 1. The first-order valence-electron chi connectivity index (χ1n) is 7.76. The molecular formula is C18H27NO4. The number of ether oxygens (including phenoxy) is 3. The van der Waals surface area contributed by atoms with E-state index in [9.17, 15) is 5.11 Å². The molecule has 0 aliphatic rings. The summed E-state index contributed by atoms with van der Waals surface area (Å²) in [7, 11) is 1.60. The van der Waals surface area contributed by atoms with E-state index < -0.39 is 6.10 Å². The third-order valence-electron chi connectivity index (χ3n) is 3.09. The maximum Gasteiger partial charge on any atom is 0.161 e. The molecule has 0 aliphatic heterocycles. The lowest BCUT2D eigenvalue weighted by Gasteiger charge is -2.15. The number of methoxy groups -OCH3 is 1. The first-order valence-corrected chi connectivity index (χ1v) is 7.76. The summed E-state index contributed by atoms with van der Waals surface area (Å²) >= 11 is 0. The van der Waals surface area contributed by atoms with E-state index in [0.717, 1.165) is 18.5 Å². The van der Waals surface area contributed by atoms with Crippen molar-refractivity contribution in [2.45, 2.75) is 19.4 Å². The van der Waals surface area contributed by atoms with Crippen molar-refractivity contribution in [2.75, 3.05) is 33.4 Å². The Bertz CT molecular complexity index is 488. The van der Waals surface area contributed by atoms with Crippen molar-refractivity contribution in [3.8, 4) is 11.5 Å². The van der Waals surface area contributed by atoms with Gasteiger partial charge in [-0.1, -0.05) is 24.8 Å². The van der Waals surface area contributed by atoms with Crippen LogP contribution in [-0.4, -0.2) is 44.6 Å². The quantitative estimate of drug-likeness (QED) is 0.458. The fraction of sp³-hybridized carbons (Fsp3) is 0.444. The van der Waals surface area contributed by atoms with Crippen LogP contribution in [0.3, 0.4) is 0 Å². The Labute approximate surface area is 138 Å². The van der Waals surface area contributed by atoms with Gasteiger partial charge in [0.2, 0.25) is 0 Å². The van der Waals surface area contributed by atoms with Crippen LogP contribution < -0.4 is 14.8 Å². The van der Waals surface area contributed by atoms with E-state index in [2.05, 4.69) is 11.9 Å². The molecule has 0 amide bonds. The molecule has 1 aromatic rings. The molecule has 0 saturated carbocycles. The van der Waals surface area contributed by atoms with Crippen LogP contribution in [0.2, 0.25) is 0 Å². The normalized spacial score (nSPS) is 12.1. The van der Waals surface area contributed by atoms with E-state index in [1.807, 2.05) is 37.3 Å². The lowest BCUT2D eigenvalue weighted by Crippen LogP contribution is -2.32. The topological polar surface area (TPSA) is 60.0 Å². The molecular weight excluding hydrogens is 294 g/mol. The molecule has 0 aromatic heterocycles. The van der Waals surface area contributed by atoms with Crippen molar-refractivity contribution in [1.82, 2.24) is 5.32 Å². The van der Waals surface area contributed by atoms with Crippen molar-refractivity contribution in [3.63, 3.8) is 0 Å².